The van der Waals surface area contributed by atoms with Gasteiger partial charge in [0.05, 0.1) is 29.6 Å². The number of urea groups is 1. The van der Waals surface area contributed by atoms with Crippen molar-refractivity contribution < 1.29 is 32.3 Å². The van der Waals surface area contributed by atoms with Crippen molar-refractivity contribution in [1.29, 1.82) is 0 Å². The largest absolute Gasteiger partial charge is 0.504 e. The molecule has 1 aromatic carbocycles. The zero-order valence-electron chi connectivity index (χ0n) is 16.1. The fraction of sp³-hybridized carbons (Fsp3) is 0.368. The number of benzene rings is 1. The van der Waals surface area contributed by atoms with Crippen molar-refractivity contribution in [3.63, 3.8) is 0 Å². The van der Waals surface area contributed by atoms with Crippen molar-refractivity contribution in [3.8, 4) is 5.75 Å². The van der Waals surface area contributed by atoms with E-state index in [1.165, 1.54) is 19.1 Å². The predicted octanol–water partition coefficient (Wildman–Crippen LogP) is 3.17. The fourth-order valence-electron chi connectivity index (χ4n) is 3.32. The van der Waals surface area contributed by atoms with Crippen molar-refractivity contribution in [1.82, 2.24) is 5.32 Å². The van der Waals surface area contributed by atoms with Crippen LogP contribution in [-0.2, 0) is 25.8 Å². The fourth-order valence-corrected chi connectivity index (χ4v) is 5.13. The van der Waals surface area contributed by atoms with Gasteiger partial charge in [-0.1, -0.05) is 11.6 Å². The van der Waals surface area contributed by atoms with E-state index in [-0.39, 0.29) is 23.4 Å². The molecule has 0 aliphatic heterocycles. The number of carbonyl (C=O) groups is 2. The number of anilines is 1. The molecule has 30 heavy (non-hydrogen) atoms. The monoisotopic (exact) mass is 456 g/mol. The number of carbonyl (C=O) groups excluding carboxylic acids is 2. The highest BCUT2D eigenvalue weighted by molar-refractivity contribution is 7.92. The molecule has 0 saturated carbocycles. The first kappa shape index (κ1) is 22.0. The minimum atomic E-state index is -4.30. The van der Waals surface area contributed by atoms with Gasteiger partial charge in [-0.2, -0.15) is 0 Å². The lowest BCUT2D eigenvalue weighted by Gasteiger charge is -2.22. The van der Waals surface area contributed by atoms with Crippen LogP contribution >= 0.6 is 11.6 Å². The Hall–Kier alpha value is -2.72. The van der Waals surface area contributed by atoms with Gasteiger partial charge in [0.1, 0.15) is 10.7 Å². The van der Waals surface area contributed by atoms with Crippen molar-refractivity contribution >= 4 is 39.1 Å². The summed E-state index contributed by atoms with van der Waals surface area (Å²) in [6.45, 7) is 1.55. The summed E-state index contributed by atoms with van der Waals surface area (Å²) in [6, 6.07) is 3.33. The SMILES string of the molecule is CCOC(=O)CS(=O)(=O)c1c(Cl)ccc(NC(=O)NC2CCCc3ccoc32)c1O. The molecule has 2 amide bonds. The molecule has 0 saturated heterocycles. The molecule has 1 aliphatic carbocycles. The van der Waals surface area contributed by atoms with E-state index in [2.05, 4.69) is 15.4 Å². The van der Waals surface area contributed by atoms with E-state index in [9.17, 15) is 23.1 Å². The van der Waals surface area contributed by atoms with E-state index >= 15 is 0 Å². The lowest BCUT2D eigenvalue weighted by atomic mass is 9.94. The summed E-state index contributed by atoms with van der Waals surface area (Å²) in [5, 5.41) is 15.3. The minimum absolute atomic E-state index is 0.00832. The first-order chi connectivity index (χ1) is 14.2. The summed E-state index contributed by atoms with van der Waals surface area (Å²) in [5.41, 5.74) is 0.850. The second-order valence-corrected chi connectivity index (χ2v) is 9.02. The highest BCUT2D eigenvalue weighted by Crippen LogP contribution is 2.38. The Balaban J connectivity index is 1.79. The van der Waals surface area contributed by atoms with Crippen molar-refractivity contribution in [3.05, 3.63) is 40.8 Å². The van der Waals surface area contributed by atoms with E-state index in [4.69, 9.17) is 16.0 Å². The highest BCUT2D eigenvalue weighted by Gasteiger charge is 2.29. The maximum absolute atomic E-state index is 12.5. The van der Waals surface area contributed by atoms with Crippen molar-refractivity contribution in [2.24, 2.45) is 0 Å². The zero-order chi connectivity index (χ0) is 21.9. The number of hydrogen-bond acceptors (Lipinski definition) is 7. The van der Waals surface area contributed by atoms with Gasteiger partial charge in [0, 0.05) is 0 Å². The number of fused-ring (bicyclic) bond motifs is 1. The van der Waals surface area contributed by atoms with Crippen LogP contribution in [0.5, 0.6) is 5.75 Å². The number of esters is 1. The Labute approximate surface area is 178 Å². The molecule has 0 bridgehead atoms. The molecule has 9 nitrogen and oxygen atoms in total. The number of phenols is 1. The molecular formula is C19H21ClN2O7S. The second kappa shape index (κ2) is 8.97. The van der Waals surface area contributed by atoms with Crippen molar-refractivity contribution in [2.75, 3.05) is 17.7 Å². The van der Waals surface area contributed by atoms with Crippen LogP contribution in [0.3, 0.4) is 0 Å². The highest BCUT2D eigenvalue weighted by atomic mass is 35.5. The van der Waals surface area contributed by atoms with Gasteiger partial charge in [-0.05, 0) is 49.9 Å². The van der Waals surface area contributed by atoms with Crippen LogP contribution in [0.15, 0.2) is 33.8 Å². The molecule has 1 aromatic heterocycles. The normalized spacial score (nSPS) is 15.9. The van der Waals surface area contributed by atoms with E-state index in [0.29, 0.717) is 12.2 Å². The topological polar surface area (TPSA) is 135 Å². The molecule has 3 N–H and O–H groups in total. The standard InChI is InChI=1S/C19H21ClN2O7S/c1-2-28-15(23)10-30(26,27)18-12(20)6-7-13(16(18)24)21-19(25)22-14-5-3-4-11-8-9-29-17(11)14/h6-9,14,24H,2-5,10H2,1H3,(H2,21,22,25). The molecule has 0 radical (unpaired) electrons. The van der Waals surface area contributed by atoms with Crippen LogP contribution in [0, 0.1) is 0 Å². The number of amides is 2. The molecule has 11 heteroatoms. The molecule has 0 spiro atoms. The Kier molecular flexibility index (Phi) is 6.57. The number of rotatable bonds is 6. The van der Waals surface area contributed by atoms with Gasteiger partial charge in [0.15, 0.2) is 21.3 Å². The number of sulfone groups is 1. The molecule has 1 unspecified atom stereocenters. The average Bonchev–Trinajstić information content (AvgIpc) is 3.13. The minimum Gasteiger partial charge on any atom is -0.504 e. The number of furan rings is 1. The molecule has 3 rings (SSSR count). The van der Waals surface area contributed by atoms with Gasteiger partial charge in [0.2, 0.25) is 0 Å². The van der Waals surface area contributed by atoms with E-state index in [0.717, 1.165) is 18.4 Å². The predicted molar refractivity (Wildman–Crippen MR) is 108 cm³/mol. The van der Waals surface area contributed by atoms with Crippen LogP contribution in [0.25, 0.3) is 0 Å². The van der Waals surface area contributed by atoms with Gasteiger partial charge in [0.25, 0.3) is 0 Å². The third-order valence-electron chi connectivity index (χ3n) is 4.60. The number of halogens is 1. The average molecular weight is 457 g/mol. The first-order valence-corrected chi connectivity index (χ1v) is 11.3. The summed E-state index contributed by atoms with van der Waals surface area (Å²) in [7, 11) is -4.30. The van der Waals surface area contributed by atoms with Gasteiger partial charge < -0.3 is 24.9 Å². The number of aryl methyl sites for hydroxylation is 1. The van der Waals surface area contributed by atoms with Gasteiger partial charge in [-0.15, -0.1) is 0 Å². The van der Waals surface area contributed by atoms with Crippen LogP contribution in [0.2, 0.25) is 5.02 Å². The molecule has 0 fully saturated rings. The van der Waals surface area contributed by atoms with E-state index < -0.39 is 38.2 Å². The molecule has 162 valence electrons. The maximum Gasteiger partial charge on any atom is 0.321 e. The number of phenolic OH excluding ortho intramolecular Hbond substituents is 1. The van der Waals surface area contributed by atoms with Gasteiger partial charge >= 0.3 is 12.0 Å². The molecule has 2 aromatic rings. The van der Waals surface area contributed by atoms with Crippen LogP contribution in [0.1, 0.15) is 37.1 Å². The lowest BCUT2D eigenvalue weighted by Crippen LogP contribution is -2.34. The smallest absolute Gasteiger partial charge is 0.321 e. The quantitative estimate of drug-likeness (QED) is 0.448. The molecule has 1 heterocycles. The first-order valence-electron chi connectivity index (χ1n) is 9.26. The third-order valence-corrected chi connectivity index (χ3v) is 6.68. The zero-order valence-corrected chi connectivity index (χ0v) is 17.7. The van der Waals surface area contributed by atoms with Gasteiger partial charge in [-0.3, -0.25) is 4.79 Å². The van der Waals surface area contributed by atoms with Crippen molar-refractivity contribution in [2.45, 2.75) is 37.1 Å². The summed E-state index contributed by atoms with van der Waals surface area (Å²) < 4.78 is 35.2. The summed E-state index contributed by atoms with van der Waals surface area (Å²) in [4.78, 5) is 23.4. The summed E-state index contributed by atoms with van der Waals surface area (Å²) in [6.07, 6.45) is 3.99. The van der Waals surface area contributed by atoms with Crippen LogP contribution < -0.4 is 10.6 Å². The molecule has 1 atom stereocenters. The lowest BCUT2D eigenvalue weighted by molar-refractivity contribution is -0.139. The Bertz CT molecular complexity index is 1060. The van der Waals surface area contributed by atoms with Gasteiger partial charge in [-0.25, -0.2) is 13.2 Å². The Morgan fingerprint density at radius 1 is 1.33 bits per heavy atom. The van der Waals surface area contributed by atoms with Crippen LogP contribution in [0.4, 0.5) is 10.5 Å². The number of hydrogen-bond donors (Lipinski definition) is 3. The number of aromatic hydroxyl groups is 1. The second-order valence-electron chi connectivity index (χ2n) is 6.69. The van der Waals surface area contributed by atoms with Crippen LogP contribution in [-0.4, -0.2) is 37.9 Å². The molecule has 1 aliphatic rings. The Morgan fingerprint density at radius 2 is 2.10 bits per heavy atom. The molecular weight excluding hydrogens is 436 g/mol. The summed E-state index contributed by atoms with van der Waals surface area (Å²) in [5.74, 6) is -2.05. The number of nitrogens with one attached hydrogen (secondary N) is 2. The summed E-state index contributed by atoms with van der Waals surface area (Å²) >= 11 is 5.95. The van der Waals surface area contributed by atoms with E-state index in [1.54, 1.807) is 6.26 Å². The Morgan fingerprint density at radius 3 is 2.83 bits per heavy atom. The third kappa shape index (κ3) is 4.71. The van der Waals surface area contributed by atoms with E-state index in [1.807, 2.05) is 6.07 Å². The number of ether oxygens (including phenoxy) is 1. The maximum atomic E-state index is 12.5.